The van der Waals surface area contributed by atoms with Gasteiger partial charge in [-0.15, -0.1) is 35.3 Å². The van der Waals surface area contributed by atoms with Crippen LogP contribution < -0.4 is 10.6 Å². The lowest BCUT2D eigenvalue weighted by Gasteiger charge is -2.10. The summed E-state index contributed by atoms with van der Waals surface area (Å²) in [5.74, 6) is 1.89. The molecule has 0 atom stereocenters. The van der Waals surface area contributed by atoms with E-state index in [0.717, 1.165) is 44.4 Å². The lowest BCUT2D eigenvalue weighted by molar-refractivity contribution is 0.724. The highest BCUT2D eigenvalue weighted by atomic mass is 127. The highest BCUT2D eigenvalue weighted by Crippen LogP contribution is 2.32. The molecular formula is C15H27IN4S. The number of aryl methyl sites for hydroxylation is 1. The van der Waals surface area contributed by atoms with Crippen LogP contribution >= 0.6 is 35.3 Å². The van der Waals surface area contributed by atoms with E-state index in [-0.39, 0.29) is 24.0 Å². The monoisotopic (exact) mass is 422 g/mol. The van der Waals surface area contributed by atoms with Gasteiger partial charge in [0, 0.05) is 37.1 Å². The van der Waals surface area contributed by atoms with Crippen molar-refractivity contribution in [3.8, 4) is 0 Å². The molecule has 1 aliphatic rings. The second-order valence-electron chi connectivity index (χ2n) is 5.24. The molecule has 1 aromatic heterocycles. The first-order valence-corrected chi connectivity index (χ1v) is 8.59. The molecule has 0 spiro atoms. The van der Waals surface area contributed by atoms with Gasteiger partial charge in [0.05, 0.1) is 5.01 Å². The Morgan fingerprint density at radius 2 is 2.19 bits per heavy atom. The minimum Gasteiger partial charge on any atom is -0.357 e. The molecule has 1 aliphatic carbocycles. The maximum Gasteiger partial charge on any atom is 0.191 e. The fraction of sp³-hybridized carbons (Fsp3) is 0.733. The molecule has 2 rings (SSSR count). The number of nitrogens with zero attached hydrogens (tertiary/aromatic N) is 2. The van der Waals surface area contributed by atoms with Gasteiger partial charge in [0.2, 0.25) is 0 Å². The minimum absolute atomic E-state index is 0. The van der Waals surface area contributed by atoms with Crippen molar-refractivity contribution < 1.29 is 0 Å². The van der Waals surface area contributed by atoms with Gasteiger partial charge in [-0.1, -0.05) is 19.8 Å². The average molecular weight is 422 g/mol. The van der Waals surface area contributed by atoms with Gasteiger partial charge >= 0.3 is 0 Å². The molecule has 4 nitrogen and oxygen atoms in total. The molecule has 6 heteroatoms. The number of guanidine groups is 1. The molecule has 1 fully saturated rings. The van der Waals surface area contributed by atoms with Gasteiger partial charge in [-0.2, -0.15) is 0 Å². The normalized spacial score (nSPS) is 14.7. The molecule has 0 amide bonds. The molecule has 0 bridgehead atoms. The van der Waals surface area contributed by atoms with Crippen LogP contribution in [-0.2, 0) is 12.8 Å². The van der Waals surface area contributed by atoms with Gasteiger partial charge in [0.25, 0.3) is 0 Å². The van der Waals surface area contributed by atoms with E-state index >= 15 is 0 Å². The fourth-order valence-corrected chi connectivity index (χ4v) is 2.88. The third-order valence-corrected chi connectivity index (χ3v) is 4.63. The SMILES string of the molecule is CCNC(=NCCC1CC1)NCCc1ncc(CC)s1.I. The Hall–Kier alpha value is -0.370. The Balaban J connectivity index is 0.00000220. The van der Waals surface area contributed by atoms with Gasteiger partial charge in [-0.3, -0.25) is 4.99 Å². The van der Waals surface area contributed by atoms with E-state index in [1.54, 1.807) is 0 Å². The number of thiazole rings is 1. The predicted octanol–water partition coefficient (Wildman–Crippen LogP) is 3.22. The summed E-state index contributed by atoms with van der Waals surface area (Å²) in [4.78, 5) is 10.4. The molecule has 2 N–H and O–H groups in total. The van der Waals surface area contributed by atoms with Crippen molar-refractivity contribution in [2.45, 2.75) is 46.0 Å². The van der Waals surface area contributed by atoms with E-state index in [1.807, 2.05) is 17.5 Å². The van der Waals surface area contributed by atoms with Crippen LogP contribution in [0.5, 0.6) is 0 Å². The zero-order valence-electron chi connectivity index (χ0n) is 13.0. The molecule has 1 saturated carbocycles. The van der Waals surface area contributed by atoms with Crippen LogP contribution in [0.4, 0.5) is 0 Å². The Bertz CT molecular complexity index is 429. The summed E-state index contributed by atoms with van der Waals surface area (Å²) in [7, 11) is 0. The van der Waals surface area contributed by atoms with E-state index in [1.165, 1.54) is 29.1 Å². The molecule has 1 heterocycles. The first-order valence-electron chi connectivity index (χ1n) is 7.77. The van der Waals surface area contributed by atoms with E-state index in [2.05, 4.69) is 34.5 Å². The van der Waals surface area contributed by atoms with Gasteiger partial charge < -0.3 is 10.6 Å². The molecular weight excluding hydrogens is 395 g/mol. The van der Waals surface area contributed by atoms with Crippen molar-refractivity contribution in [3.05, 3.63) is 16.1 Å². The average Bonchev–Trinajstić information content (AvgIpc) is 3.16. The van der Waals surface area contributed by atoms with Crippen molar-refractivity contribution >= 4 is 41.3 Å². The summed E-state index contributed by atoms with van der Waals surface area (Å²) < 4.78 is 0. The standard InChI is InChI=1S/C15H26N4S.HI/c1-3-13-11-19-14(20-13)8-10-18-15(16-4-2)17-9-7-12-5-6-12;/h11-12H,3-10H2,1-2H3,(H2,16,17,18);1H. The number of nitrogens with one attached hydrogen (secondary N) is 2. The van der Waals surface area contributed by atoms with Crippen molar-refractivity contribution in [2.24, 2.45) is 10.9 Å². The van der Waals surface area contributed by atoms with Gasteiger partial charge in [-0.05, 0) is 25.7 Å². The third-order valence-electron chi connectivity index (χ3n) is 3.43. The lowest BCUT2D eigenvalue weighted by Crippen LogP contribution is -2.38. The van der Waals surface area contributed by atoms with Crippen LogP contribution in [0.1, 0.15) is 43.0 Å². The Kier molecular flexibility index (Phi) is 9.23. The van der Waals surface area contributed by atoms with Crippen LogP contribution in [0, 0.1) is 5.92 Å². The molecule has 0 aromatic carbocycles. The van der Waals surface area contributed by atoms with Crippen molar-refractivity contribution in [1.82, 2.24) is 15.6 Å². The zero-order chi connectivity index (χ0) is 14.2. The molecule has 1 aromatic rings. The van der Waals surface area contributed by atoms with Crippen LogP contribution in [0.2, 0.25) is 0 Å². The summed E-state index contributed by atoms with van der Waals surface area (Å²) in [5.41, 5.74) is 0. The largest absolute Gasteiger partial charge is 0.357 e. The third kappa shape index (κ3) is 7.44. The zero-order valence-corrected chi connectivity index (χ0v) is 16.2. The van der Waals surface area contributed by atoms with Crippen molar-refractivity contribution in [1.29, 1.82) is 0 Å². The van der Waals surface area contributed by atoms with Gasteiger partial charge in [0.1, 0.15) is 0 Å². The Morgan fingerprint density at radius 3 is 2.81 bits per heavy atom. The molecule has 0 aliphatic heterocycles. The molecule has 0 unspecified atom stereocenters. The van der Waals surface area contributed by atoms with E-state index < -0.39 is 0 Å². The van der Waals surface area contributed by atoms with Crippen LogP contribution in [0.25, 0.3) is 0 Å². The number of aliphatic imine (C=N–C) groups is 1. The summed E-state index contributed by atoms with van der Waals surface area (Å²) in [5, 5.41) is 7.91. The smallest absolute Gasteiger partial charge is 0.191 e. The molecule has 21 heavy (non-hydrogen) atoms. The predicted molar refractivity (Wildman–Crippen MR) is 102 cm³/mol. The highest BCUT2D eigenvalue weighted by Gasteiger charge is 2.20. The minimum atomic E-state index is 0. The highest BCUT2D eigenvalue weighted by molar-refractivity contribution is 14.0. The number of aromatic nitrogens is 1. The Morgan fingerprint density at radius 1 is 1.38 bits per heavy atom. The summed E-state index contributed by atoms with van der Waals surface area (Å²) in [6.45, 7) is 7.02. The van der Waals surface area contributed by atoms with Crippen LogP contribution in [0.3, 0.4) is 0 Å². The number of rotatable bonds is 8. The second-order valence-corrected chi connectivity index (χ2v) is 6.44. The number of halogens is 1. The van der Waals surface area contributed by atoms with Gasteiger partial charge in [-0.25, -0.2) is 4.98 Å². The topological polar surface area (TPSA) is 49.3 Å². The fourth-order valence-electron chi connectivity index (χ4n) is 2.02. The first-order chi connectivity index (χ1) is 9.81. The summed E-state index contributed by atoms with van der Waals surface area (Å²) in [6, 6.07) is 0. The van der Waals surface area contributed by atoms with E-state index in [9.17, 15) is 0 Å². The lowest BCUT2D eigenvalue weighted by atomic mass is 10.3. The number of hydrogen-bond donors (Lipinski definition) is 2. The van der Waals surface area contributed by atoms with Crippen molar-refractivity contribution in [2.75, 3.05) is 19.6 Å². The van der Waals surface area contributed by atoms with Crippen LogP contribution in [-0.4, -0.2) is 30.6 Å². The molecule has 0 saturated heterocycles. The quantitative estimate of drug-likeness (QED) is 0.384. The van der Waals surface area contributed by atoms with Crippen LogP contribution in [0.15, 0.2) is 11.2 Å². The number of hydrogen-bond acceptors (Lipinski definition) is 3. The Labute approximate surface area is 149 Å². The molecule has 0 radical (unpaired) electrons. The maximum atomic E-state index is 4.62. The maximum absolute atomic E-state index is 4.62. The first kappa shape index (κ1) is 18.7. The van der Waals surface area contributed by atoms with E-state index in [0.29, 0.717) is 0 Å². The summed E-state index contributed by atoms with van der Waals surface area (Å²) >= 11 is 1.82. The molecule has 120 valence electrons. The van der Waals surface area contributed by atoms with Crippen molar-refractivity contribution in [3.63, 3.8) is 0 Å². The van der Waals surface area contributed by atoms with E-state index in [4.69, 9.17) is 0 Å². The van der Waals surface area contributed by atoms with Gasteiger partial charge in [0.15, 0.2) is 5.96 Å². The summed E-state index contributed by atoms with van der Waals surface area (Å²) in [6.07, 6.45) is 8.10. The second kappa shape index (κ2) is 10.4.